The highest BCUT2D eigenvalue weighted by Crippen LogP contribution is 2.28. The molecule has 4 rings (SSSR count). The molecule has 146 valence electrons. The van der Waals surface area contributed by atoms with Gasteiger partial charge < -0.3 is 15.0 Å². The van der Waals surface area contributed by atoms with Gasteiger partial charge in [0.2, 0.25) is 5.91 Å². The first-order valence-electron chi connectivity index (χ1n) is 9.43. The van der Waals surface area contributed by atoms with Gasteiger partial charge in [-0.3, -0.25) is 9.80 Å². The van der Waals surface area contributed by atoms with Crippen molar-refractivity contribution in [3.8, 4) is 0 Å². The molecule has 0 spiro atoms. The van der Waals surface area contributed by atoms with Crippen LogP contribution < -0.4 is 15.2 Å². The zero-order valence-corrected chi connectivity index (χ0v) is 17.4. The maximum Gasteiger partial charge on any atom is 0.249 e. The Morgan fingerprint density at radius 1 is 1.07 bits per heavy atom. The molecule has 6 nitrogen and oxygen atoms in total. The maximum absolute atomic E-state index is 12.9. The van der Waals surface area contributed by atoms with E-state index in [0.29, 0.717) is 6.42 Å². The number of rotatable bonds is 4. The number of hydrogen-bond acceptors (Lipinski definition) is 5. The maximum atomic E-state index is 12.9. The standard InChI is InChI=1S/C21H23BrN4O2/c1-15-2-6-18(7-3-15)26-19(14-20(22)24-26)21(27)23-16-4-8-17(9-5-16)25-10-12-28-13-11-25/h2-9,19H,10-14H2,1H3,(H,23,27). The minimum atomic E-state index is -0.379. The highest BCUT2D eigenvalue weighted by atomic mass is 79.9. The number of halogens is 1. The Morgan fingerprint density at radius 3 is 2.39 bits per heavy atom. The minimum Gasteiger partial charge on any atom is -0.378 e. The van der Waals surface area contributed by atoms with Crippen LogP contribution in [0.4, 0.5) is 17.1 Å². The summed E-state index contributed by atoms with van der Waals surface area (Å²) >= 11 is 3.45. The lowest BCUT2D eigenvalue weighted by Gasteiger charge is -2.29. The van der Waals surface area contributed by atoms with Crippen LogP contribution in [0.15, 0.2) is 53.6 Å². The number of nitrogens with one attached hydrogen (secondary N) is 1. The number of nitrogens with zero attached hydrogens (tertiary/aromatic N) is 3. The number of benzene rings is 2. The number of ether oxygens (including phenoxy) is 1. The normalized spacial score (nSPS) is 19.5. The van der Waals surface area contributed by atoms with Crippen LogP contribution >= 0.6 is 15.9 Å². The lowest BCUT2D eigenvalue weighted by Crippen LogP contribution is -2.38. The molecule has 1 fully saturated rings. The van der Waals surface area contributed by atoms with Crippen molar-refractivity contribution in [2.45, 2.75) is 19.4 Å². The number of amides is 1. The van der Waals surface area contributed by atoms with Crippen LogP contribution in [0.3, 0.4) is 0 Å². The lowest BCUT2D eigenvalue weighted by atomic mass is 10.1. The van der Waals surface area contributed by atoms with Crippen molar-refractivity contribution in [3.63, 3.8) is 0 Å². The number of hydrazone groups is 1. The molecule has 2 aliphatic rings. The van der Waals surface area contributed by atoms with E-state index in [1.54, 1.807) is 5.01 Å². The topological polar surface area (TPSA) is 57.2 Å². The van der Waals surface area contributed by atoms with Crippen LogP contribution in [0, 0.1) is 6.92 Å². The quantitative estimate of drug-likeness (QED) is 0.782. The average molecular weight is 443 g/mol. The van der Waals surface area contributed by atoms with Crippen molar-refractivity contribution in [3.05, 3.63) is 54.1 Å². The summed E-state index contributed by atoms with van der Waals surface area (Å²) < 4.78 is 6.17. The molecule has 1 amide bonds. The summed E-state index contributed by atoms with van der Waals surface area (Å²) in [5.41, 5.74) is 4.01. The van der Waals surface area contributed by atoms with Gasteiger partial charge in [0.1, 0.15) is 10.7 Å². The molecule has 28 heavy (non-hydrogen) atoms. The van der Waals surface area contributed by atoms with Crippen LogP contribution in [0.25, 0.3) is 0 Å². The molecule has 2 heterocycles. The molecule has 0 aromatic heterocycles. The lowest BCUT2D eigenvalue weighted by molar-refractivity contribution is -0.117. The van der Waals surface area contributed by atoms with Gasteiger partial charge >= 0.3 is 0 Å². The highest BCUT2D eigenvalue weighted by Gasteiger charge is 2.32. The van der Waals surface area contributed by atoms with E-state index in [9.17, 15) is 4.79 Å². The number of hydrogen-bond donors (Lipinski definition) is 1. The van der Waals surface area contributed by atoms with E-state index in [1.807, 2.05) is 55.5 Å². The Labute approximate surface area is 173 Å². The summed E-state index contributed by atoms with van der Waals surface area (Å²) in [6.45, 7) is 5.33. The Bertz CT molecular complexity index is 861. The molecule has 7 heteroatoms. The molecule has 1 unspecified atom stereocenters. The zero-order valence-electron chi connectivity index (χ0n) is 15.8. The highest BCUT2D eigenvalue weighted by molar-refractivity contribution is 9.18. The predicted molar refractivity (Wildman–Crippen MR) is 117 cm³/mol. The van der Waals surface area contributed by atoms with Gasteiger partial charge in [-0.05, 0) is 59.3 Å². The smallest absolute Gasteiger partial charge is 0.249 e. The first-order valence-corrected chi connectivity index (χ1v) is 10.2. The van der Waals surface area contributed by atoms with E-state index in [4.69, 9.17) is 4.74 Å². The Kier molecular flexibility index (Phi) is 5.64. The number of carbonyl (C=O) groups is 1. The second-order valence-corrected chi connectivity index (χ2v) is 7.93. The summed E-state index contributed by atoms with van der Waals surface area (Å²) in [4.78, 5) is 15.2. The van der Waals surface area contributed by atoms with Gasteiger partial charge in [0, 0.05) is 30.9 Å². The molecule has 1 saturated heterocycles. The summed E-state index contributed by atoms with van der Waals surface area (Å²) in [5, 5.41) is 9.30. The van der Waals surface area contributed by atoms with E-state index < -0.39 is 0 Å². The van der Waals surface area contributed by atoms with Crippen LogP contribution in [-0.2, 0) is 9.53 Å². The van der Waals surface area contributed by atoms with Crippen LogP contribution in [0.1, 0.15) is 12.0 Å². The second kappa shape index (κ2) is 8.32. The van der Waals surface area contributed by atoms with E-state index in [1.165, 1.54) is 5.56 Å². The molecule has 0 bridgehead atoms. The van der Waals surface area contributed by atoms with Crippen molar-refractivity contribution in [1.29, 1.82) is 0 Å². The predicted octanol–water partition coefficient (Wildman–Crippen LogP) is 3.76. The third-order valence-electron chi connectivity index (χ3n) is 4.99. The summed E-state index contributed by atoms with van der Waals surface area (Å²) in [7, 11) is 0. The molecule has 0 aliphatic carbocycles. The number of aryl methyl sites for hydroxylation is 1. The Hall–Kier alpha value is -2.38. The summed E-state index contributed by atoms with van der Waals surface area (Å²) in [6, 6.07) is 15.6. The molecule has 2 aromatic rings. The molecule has 1 N–H and O–H groups in total. The largest absolute Gasteiger partial charge is 0.378 e. The van der Waals surface area contributed by atoms with Gasteiger partial charge in [-0.2, -0.15) is 5.10 Å². The Morgan fingerprint density at radius 2 is 1.71 bits per heavy atom. The molecule has 1 atom stereocenters. The Balaban J connectivity index is 1.44. The SMILES string of the molecule is Cc1ccc(N2N=C(Br)CC2C(=O)Nc2ccc(N3CCOCC3)cc2)cc1. The number of morpholine rings is 1. The van der Waals surface area contributed by atoms with Crippen molar-refractivity contribution < 1.29 is 9.53 Å². The van der Waals surface area contributed by atoms with Gasteiger partial charge in [0.05, 0.1) is 18.9 Å². The van der Waals surface area contributed by atoms with E-state index in [-0.39, 0.29) is 11.9 Å². The monoisotopic (exact) mass is 442 g/mol. The zero-order chi connectivity index (χ0) is 19.5. The fourth-order valence-electron chi connectivity index (χ4n) is 3.42. The summed E-state index contributed by atoms with van der Waals surface area (Å²) in [6.07, 6.45) is 0.547. The number of anilines is 3. The fraction of sp³-hybridized carbons (Fsp3) is 0.333. The van der Waals surface area contributed by atoms with E-state index in [2.05, 4.69) is 31.2 Å². The fourth-order valence-corrected chi connectivity index (χ4v) is 3.89. The first kappa shape index (κ1) is 19.0. The van der Waals surface area contributed by atoms with Crippen molar-refractivity contribution >= 4 is 43.5 Å². The second-order valence-electron chi connectivity index (χ2n) is 7.01. The average Bonchev–Trinajstić information content (AvgIpc) is 3.12. The minimum absolute atomic E-state index is 0.0714. The molecule has 0 saturated carbocycles. The third kappa shape index (κ3) is 4.20. The van der Waals surface area contributed by atoms with Gasteiger partial charge in [-0.1, -0.05) is 17.7 Å². The van der Waals surface area contributed by atoms with Crippen LogP contribution in [-0.4, -0.2) is 42.9 Å². The van der Waals surface area contributed by atoms with E-state index >= 15 is 0 Å². The van der Waals surface area contributed by atoms with Crippen molar-refractivity contribution in [2.24, 2.45) is 5.10 Å². The number of carbonyl (C=O) groups excluding carboxylic acids is 1. The van der Waals surface area contributed by atoms with Gasteiger partial charge in [0.15, 0.2) is 0 Å². The molecule has 0 radical (unpaired) electrons. The van der Waals surface area contributed by atoms with Gasteiger partial charge in [-0.15, -0.1) is 0 Å². The van der Waals surface area contributed by atoms with E-state index in [0.717, 1.165) is 48.0 Å². The van der Waals surface area contributed by atoms with Crippen LogP contribution in [0.2, 0.25) is 0 Å². The van der Waals surface area contributed by atoms with Crippen LogP contribution in [0.5, 0.6) is 0 Å². The molecule has 2 aromatic carbocycles. The van der Waals surface area contributed by atoms with Crippen molar-refractivity contribution in [2.75, 3.05) is 41.5 Å². The molecular weight excluding hydrogens is 420 g/mol. The van der Waals surface area contributed by atoms with Gasteiger partial charge in [-0.25, -0.2) is 0 Å². The molecule has 2 aliphatic heterocycles. The van der Waals surface area contributed by atoms with Crippen molar-refractivity contribution in [1.82, 2.24) is 0 Å². The summed E-state index contributed by atoms with van der Waals surface area (Å²) in [5.74, 6) is -0.0714. The van der Waals surface area contributed by atoms with Gasteiger partial charge in [0.25, 0.3) is 0 Å². The first-order chi connectivity index (χ1) is 13.6. The third-order valence-corrected chi connectivity index (χ3v) is 5.47. The molecular formula is C21H23BrN4O2.